The van der Waals surface area contributed by atoms with Crippen molar-refractivity contribution in [1.82, 2.24) is 9.80 Å². The fourth-order valence-corrected chi connectivity index (χ4v) is 1.80. The molecule has 3 N–H and O–H groups in total. The predicted molar refractivity (Wildman–Crippen MR) is 69.5 cm³/mol. The third-order valence-electron chi connectivity index (χ3n) is 2.70. The van der Waals surface area contributed by atoms with E-state index in [0.29, 0.717) is 5.92 Å². The molecule has 0 aromatic rings. The third-order valence-corrected chi connectivity index (χ3v) is 2.70. The molecule has 16 heavy (non-hydrogen) atoms. The van der Waals surface area contributed by atoms with E-state index in [4.69, 9.17) is 5.73 Å². The lowest BCUT2D eigenvalue weighted by Crippen LogP contribution is -2.51. The molecule has 0 radical (unpaired) electrons. The maximum absolute atomic E-state index is 9.41. The van der Waals surface area contributed by atoms with Crippen LogP contribution in [-0.4, -0.2) is 67.3 Å². The Bertz CT molecular complexity index is 172. The van der Waals surface area contributed by atoms with Gasteiger partial charge in [0.25, 0.3) is 0 Å². The van der Waals surface area contributed by atoms with Crippen molar-refractivity contribution in [3.8, 4) is 0 Å². The van der Waals surface area contributed by atoms with E-state index in [-0.39, 0.29) is 18.7 Å². The van der Waals surface area contributed by atoms with Gasteiger partial charge in [-0.15, -0.1) is 0 Å². The van der Waals surface area contributed by atoms with E-state index in [1.807, 2.05) is 6.92 Å². The van der Waals surface area contributed by atoms with E-state index in [1.165, 1.54) is 0 Å². The first kappa shape index (κ1) is 15.8. The fourth-order valence-electron chi connectivity index (χ4n) is 1.80. The number of aliphatic hydroxyl groups is 1. The van der Waals surface area contributed by atoms with Crippen LogP contribution >= 0.6 is 0 Å². The van der Waals surface area contributed by atoms with Crippen molar-refractivity contribution in [2.75, 3.05) is 40.3 Å². The molecular formula is C12H29N3O. The molecule has 0 bridgehead atoms. The molecule has 0 aromatic carbocycles. The predicted octanol–water partition coefficient (Wildman–Crippen LogP) is 0.214. The lowest BCUT2D eigenvalue weighted by molar-refractivity contribution is 0.0907. The fraction of sp³-hybridized carbons (Fsp3) is 1.00. The largest absolute Gasteiger partial charge is 0.395 e. The monoisotopic (exact) mass is 231 g/mol. The van der Waals surface area contributed by atoms with Gasteiger partial charge < -0.3 is 15.7 Å². The zero-order valence-electron chi connectivity index (χ0n) is 11.5. The number of hydrogen-bond acceptors (Lipinski definition) is 4. The Labute approximate surface area is 100 Å². The van der Waals surface area contributed by atoms with Crippen molar-refractivity contribution in [3.63, 3.8) is 0 Å². The minimum atomic E-state index is 0.00547. The second-order valence-corrected chi connectivity index (χ2v) is 5.30. The Morgan fingerprint density at radius 3 is 2.00 bits per heavy atom. The summed E-state index contributed by atoms with van der Waals surface area (Å²) >= 11 is 0. The minimum Gasteiger partial charge on any atom is -0.395 e. The zero-order valence-corrected chi connectivity index (χ0v) is 11.5. The zero-order chi connectivity index (χ0) is 12.7. The molecule has 98 valence electrons. The summed E-state index contributed by atoms with van der Waals surface area (Å²) in [6, 6.07) is 0.0771. The Morgan fingerprint density at radius 2 is 1.69 bits per heavy atom. The molecule has 0 aliphatic heterocycles. The average molecular weight is 231 g/mol. The minimum absolute atomic E-state index is 0.00547. The number of rotatable bonds is 8. The van der Waals surface area contributed by atoms with Crippen LogP contribution in [0.15, 0.2) is 0 Å². The van der Waals surface area contributed by atoms with E-state index in [2.05, 4.69) is 37.7 Å². The van der Waals surface area contributed by atoms with Crippen LogP contribution in [0.2, 0.25) is 0 Å². The maximum Gasteiger partial charge on any atom is 0.0601 e. The number of nitrogens with zero attached hydrogens (tertiary/aromatic N) is 2. The normalized spacial score (nSPS) is 16.1. The van der Waals surface area contributed by atoms with Gasteiger partial charge >= 0.3 is 0 Å². The van der Waals surface area contributed by atoms with Gasteiger partial charge in [0.2, 0.25) is 0 Å². The van der Waals surface area contributed by atoms with Gasteiger partial charge in [-0.05, 0) is 26.9 Å². The lowest BCUT2D eigenvalue weighted by Gasteiger charge is -2.34. The number of likely N-dealkylation sites (N-methyl/N-ethyl adjacent to an activating group) is 1. The molecule has 2 unspecified atom stereocenters. The summed E-state index contributed by atoms with van der Waals surface area (Å²) in [4.78, 5) is 4.46. The van der Waals surface area contributed by atoms with Crippen molar-refractivity contribution in [2.45, 2.75) is 32.9 Å². The first-order chi connectivity index (χ1) is 7.38. The SMILES string of the molecule is CC(C)CN(CCN(C)C)C(CO)C(C)N. The van der Waals surface area contributed by atoms with Crippen molar-refractivity contribution in [2.24, 2.45) is 11.7 Å². The molecule has 0 spiro atoms. The molecule has 0 saturated carbocycles. The molecule has 0 saturated heterocycles. The van der Waals surface area contributed by atoms with Crippen LogP contribution in [0, 0.1) is 5.92 Å². The molecule has 4 nitrogen and oxygen atoms in total. The summed E-state index contributed by atoms with van der Waals surface area (Å²) in [6.07, 6.45) is 0. The smallest absolute Gasteiger partial charge is 0.0601 e. The molecule has 0 rings (SSSR count). The van der Waals surface area contributed by atoms with Crippen LogP contribution in [-0.2, 0) is 0 Å². The van der Waals surface area contributed by atoms with E-state index in [0.717, 1.165) is 19.6 Å². The van der Waals surface area contributed by atoms with Crippen molar-refractivity contribution >= 4 is 0 Å². The third kappa shape index (κ3) is 6.43. The highest BCUT2D eigenvalue weighted by Gasteiger charge is 2.21. The van der Waals surface area contributed by atoms with E-state index in [9.17, 15) is 5.11 Å². The summed E-state index contributed by atoms with van der Waals surface area (Å²) in [5, 5.41) is 9.41. The lowest BCUT2D eigenvalue weighted by atomic mass is 10.1. The molecular weight excluding hydrogens is 202 g/mol. The van der Waals surface area contributed by atoms with Gasteiger partial charge in [0.15, 0.2) is 0 Å². The van der Waals surface area contributed by atoms with Crippen LogP contribution in [0.1, 0.15) is 20.8 Å². The topological polar surface area (TPSA) is 52.7 Å². The molecule has 0 fully saturated rings. The van der Waals surface area contributed by atoms with Crippen LogP contribution in [0.4, 0.5) is 0 Å². The Hall–Kier alpha value is -0.160. The Balaban J connectivity index is 4.37. The van der Waals surface area contributed by atoms with Gasteiger partial charge in [-0.25, -0.2) is 0 Å². The Morgan fingerprint density at radius 1 is 1.12 bits per heavy atom. The van der Waals surface area contributed by atoms with Crippen LogP contribution in [0.3, 0.4) is 0 Å². The summed E-state index contributed by atoms with van der Waals surface area (Å²) in [7, 11) is 4.13. The van der Waals surface area contributed by atoms with Crippen LogP contribution in [0.5, 0.6) is 0 Å². The highest BCUT2D eigenvalue weighted by Crippen LogP contribution is 2.07. The standard InChI is InChI=1S/C12H29N3O/c1-10(2)8-15(7-6-14(4)5)12(9-16)11(3)13/h10-12,16H,6-9,13H2,1-5H3. The highest BCUT2D eigenvalue weighted by atomic mass is 16.3. The second kappa shape index (κ2) is 8.01. The van der Waals surface area contributed by atoms with Crippen molar-refractivity contribution in [3.05, 3.63) is 0 Å². The molecule has 0 aliphatic carbocycles. The average Bonchev–Trinajstić information content (AvgIpc) is 2.13. The summed E-state index contributed by atoms with van der Waals surface area (Å²) in [5.41, 5.74) is 5.91. The summed E-state index contributed by atoms with van der Waals surface area (Å²) < 4.78 is 0. The summed E-state index contributed by atoms with van der Waals surface area (Å²) in [5.74, 6) is 0.593. The highest BCUT2D eigenvalue weighted by molar-refractivity contribution is 4.79. The van der Waals surface area contributed by atoms with E-state index in [1.54, 1.807) is 0 Å². The Kier molecular flexibility index (Phi) is 7.93. The quantitative estimate of drug-likeness (QED) is 0.627. The van der Waals surface area contributed by atoms with Gasteiger partial charge in [0.05, 0.1) is 6.61 Å². The number of aliphatic hydroxyl groups excluding tert-OH is 1. The first-order valence-electron chi connectivity index (χ1n) is 6.13. The number of hydrogen-bond donors (Lipinski definition) is 2. The van der Waals surface area contributed by atoms with Gasteiger partial charge in [-0.1, -0.05) is 13.8 Å². The van der Waals surface area contributed by atoms with Crippen molar-refractivity contribution in [1.29, 1.82) is 0 Å². The molecule has 0 aromatic heterocycles. The van der Waals surface area contributed by atoms with Gasteiger partial charge in [-0.3, -0.25) is 4.90 Å². The molecule has 0 aliphatic rings. The van der Waals surface area contributed by atoms with Gasteiger partial charge in [0, 0.05) is 31.7 Å². The van der Waals surface area contributed by atoms with Crippen LogP contribution in [0.25, 0.3) is 0 Å². The molecule has 0 amide bonds. The summed E-state index contributed by atoms with van der Waals surface area (Å²) in [6.45, 7) is 9.42. The second-order valence-electron chi connectivity index (χ2n) is 5.30. The molecule has 2 atom stereocenters. The van der Waals surface area contributed by atoms with Gasteiger partial charge in [0.1, 0.15) is 0 Å². The van der Waals surface area contributed by atoms with E-state index >= 15 is 0 Å². The molecule has 4 heteroatoms. The van der Waals surface area contributed by atoms with Crippen LogP contribution < -0.4 is 5.73 Å². The molecule has 0 heterocycles. The van der Waals surface area contributed by atoms with Gasteiger partial charge in [-0.2, -0.15) is 0 Å². The maximum atomic E-state index is 9.41. The van der Waals surface area contributed by atoms with Crippen molar-refractivity contribution < 1.29 is 5.11 Å². The van der Waals surface area contributed by atoms with E-state index < -0.39 is 0 Å². The number of nitrogens with two attached hydrogens (primary N) is 1. The first-order valence-corrected chi connectivity index (χ1v) is 6.13.